The topological polar surface area (TPSA) is 46.3 Å². The van der Waals surface area contributed by atoms with Crippen LogP contribution in [0, 0.1) is 19.7 Å². The van der Waals surface area contributed by atoms with Gasteiger partial charge in [-0.3, -0.25) is 4.79 Å². The molecule has 0 aromatic heterocycles. The standard InChI is InChI=1S/C19H23FN2O/c1-12-5-6-15(9-13(12)2)16-7-8-17(18(20)10-16)19(23)22(4)14(3)11-21/h5-10,14H,11,21H2,1-4H3. The maximum Gasteiger partial charge on any atom is 0.256 e. The van der Waals surface area contributed by atoms with E-state index in [2.05, 4.69) is 0 Å². The maximum absolute atomic E-state index is 14.4. The van der Waals surface area contributed by atoms with Crippen molar-refractivity contribution in [3.63, 3.8) is 0 Å². The number of likely N-dealkylation sites (N-methyl/N-ethyl adjacent to an activating group) is 1. The largest absolute Gasteiger partial charge is 0.338 e. The molecule has 0 saturated carbocycles. The van der Waals surface area contributed by atoms with Crippen LogP contribution in [0.15, 0.2) is 36.4 Å². The molecule has 0 fully saturated rings. The van der Waals surface area contributed by atoms with Gasteiger partial charge < -0.3 is 10.6 Å². The molecule has 0 radical (unpaired) electrons. The quantitative estimate of drug-likeness (QED) is 0.938. The molecule has 0 saturated heterocycles. The van der Waals surface area contributed by atoms with Crippen LogP contribution in [0.3, 0.4) is 0 Å². The van der Waals surface area contributed by atoms with Gasteiger partial charge in [0.1, 0.15) is 5.82 Å². The number of nitrogens with zero attached hydrogens (tertiary/aromatic N) is 1. The second-order valence-corrected chi connectivity index (χ2v) is 5.99. The van der Waals surface area contributed by atoms with Gasteiger partial charge in [0.05, 0.1) is 5.56 Å². The average Bonchev–Trinajstić information content (AvgIpc) is 2.55. The fraction of sp³-hybridized carbons (Fsp3) is 0.316. The second-order valence-electron chi connectivity index (χ2n) is 5.99. The molecular formula is C19H23FN2O. The van der Waals surface area contributed by atoms with Crippen LogP contribution in [-0.4, -0.2) is 30.4 Å². The lowest BCUT2D eigenvalue weighted by Gasteiger charge is -2.24. The molecule has 0 heterocycles. The Hall–Kier alpha value is -2.20. The molecule has 2 aromatic carbocycles. The molecule has 1 atom stereocenters. The number of hydrogen-bond acceptors (Lipinski definition) is 2. The zero-order chi connectivity index (χ0) is 17.1. The highest BCUT2D eigenvalue weighted by Gasteiger charge is 2.20. The Morgan fingerprint density at radius 2 is 1.74 bits per heavy atom. The lowest BCUT2D eigenvalue weighted by atomic mass is 9.99. The third kappa shape index (κ3) is 3.59. The Bertz CT molecular complexity index is 727. The molecule has 0 spiro atoms. The first-order valence-corrected chi connectivity index (χ1v) is 7.69. The zero-order valence-corrected chi connectivity index (χ0v) is 14.1. The lowest BCUT2D eigenvalue weighted by molar-refractivity contribution is 0.0743. The fourth-order valence-corrected chi connectivity index (χ4v) is 2.34. The van der Waals surface area contributed by atoms with Gasteiger partial charge in [-0.15, -0.1) is 0 Å². The summed E-state index contributed by atoms with van der Waals surface area (Å²) in [6, 6.07) is 10.6. The van der Waals surface area contributed by atoms with Crippen molar-refractivity contribution in [1.29, 1.82) is 0 Å². The van der Waals surface area contributed by atoms with E-state index < -0.39 is 5.82 Å². The van der Waals surface area contributed by atoms with Crippen molar-refractivity contribution in [3.8, 4) is 11.1 Å². The Balaban J connectivity index is 2.34. The number of rotatable bonds is 4. The minimum Gasteiger partial charge on any atom is -0.338 e. The monoisotopic (exact) mass is 314 g/mol. The molecule has 4 heteroatoms. The minimum atomic E-state index is -0.512. The molecule has 0 aliphatic heterocycles. The Morgan fingerprint density at radius 3 is 2.30 bits per heavy atom. The van der Waals surface area contributed by atoms with E-state index in [-0.39, 0.29) is 17.5 Å². The van der Waals surface area contributed by atoms with Gasteiger partial charge >= 0.3 is 0 Å². The number of carbonyl (C=O) groups is 1. The summed E-state index contributed by atoms with van der Waals surface area (Å²) in [6.45, 7) is 6.23. The summed E-state index contributed by atoms with van der Waals surface area (Å²) in [5.41, 5.74) is 9.68. The number of aryl methyl sites for hydroxylation is 2. The average molecular weight is 314 g/mol. The van der Waals surface area contributed by atoms with Crippen LogP contribution in [0.25, 0.3) is 11.1 Å². The van der Waals surface area contributed by atoms with Gasteiger partial charge in [0, 0.05) is 19.6 Å². The predicted molar refractivity (Wildman–Crippen MR) is 91.9 cm³/mol. The molecule has 2 aromatic rings. The SMILES string of the molecule is Cc1ccc(-c2ccc(C(=O)N(C)C(C)CN)c(F)c2)cc1C. The number of hydrogen-bond donors (Lipinski definition) is 1. The summed E-state index contributed by atoms with van der Waals surface area (Å²) in [6.07, 6.45) is 0. The van der Waals surface area contributed by atoms with Crippen molar-refractivity contribution in [1.82, 2.24) is 4.90 Å². The van der Waals surface area contributed by atoms with E-state index in [0.717, 1.165) is 16.7 Å². The van der Waals surface area contributed by atoms with E-state index in [1.54, 1.807) is 19.2 Å². The molecule has 0 aliphatic rings. The number of nitrogens with two attached hydrogens (primary N) is 1. The second kappa shape index (κ2) is 6.92. The normalized spacial score (nSPS) is 12.1. The van der Waals surface area contributed by atoms with Crippen molar-refractivity contribution in [2.75, 3.05) is 13.6 Å². The molecule has 0 bridgehead atoms. The minimum absolute atomic E-state index is 0.0698. The maximum atomic E-state index is 14.4. The first-order valence-electron chi connectivity index (χ1n) is 7.69. The first-order chi connectivity index (χ1) is 10.8. The van der Waals surface area contributed by atoms with Crippen LogP contribution in [0.5, 0.6) is 0 Å². The molecule has 1 amide bonds. The van der Waals surface area contributed by atoms with Gasteiger partial charge in [-0.1, -0.05) is 24.3 Å². The Kier molecular flexibility index (Phi) is 5.16. The molecule has 2 rings (SSSR count). The van der Waals surface area contributed by atoms with Crippen molar-refractivity contribution in [2.24, 2.45) is 5.73 Å². The Labute approximate surface area is 136 Å². The van der Waals surface area contributed by atoms with Crippen LogP contribution in [-0.2, 0) is 0 Å². The Morgan fingerprint density at radius 1 is 1.13 bits per heavy atom. The van der Waals surface area contributed by atoms with E-state index in [9.17, 15) is 9.18 Å². The third-order valence-corrected chi connectivity index (χ3v) is 4.36. The summed E-state index contributed by atoms with van der Waals surface area (Å²) in [5, 5.41) is 0. The number of halogens is 1. The van der Waals surface area contributed by atoms with Crippen molar-refractivity contribution < 1.29 is 9.18 Å². The number of amides is 1. The highest BCUT2D eigenvalue weighted by Crippen LogP contribution is 2.25. The predicted octanol–water partition coefficient (Wildman–Crippen LogP) is 3.53. The van der Waals surface area contributed by atoms with Crippen molar-refractivity contribution >= 4 is 5.91 Å². The van der Waals surface area contributed by atoms with Gasteiger partial charge in [0.2, 0.25) is 0 Å². The lowest BCUT2D eigenvalue weighted by Crippen LogP contribution is -2.40. The van der Waals surface area contributed by atoms with Gasteiger partial charge in [-0.05, 0) is 55.2 Å². The summed E-state index contributed by atoms with van der Waals surface area (Å²) in [7, 11) is 1.64. The van der Waals surface area contributed by atoms with Crippen molar-refractivity contribution in [3.05, 3.63) is 58.9 Å². The summed E-state index contributed by atoms with van der Waals surface area (Å²) in [5.74, 6) is -0.867. The van der Waals surface area contributed by atoms with Crippen molar-refractivity contribution in [2.45, 2.75) is 26.8 Å². The van der Waals surface area contributed by atoms with Gasteiger partial charge in [0.15, 0.2) is 0 Å². The third-order valence-electron chi connectivity index (χ3n) is 4.36. The van der Waals surface area contributed by atoms with E-state index in [1.165, 1.54) is 16.5 Å². The smallest absolute Gasteiger partial charge is 0.256 e. The van der Waals surface area contributed by atoms with E-state index >= 15 is 0 Å². The summed E-state index contributed by atoms with van der Waals surface area (Å²) in [4.78, 5) is 13.8. The number of benzene rings is 2. The van der Waals surface area contributed by atoms with E-state index in [0.29, 0.717) is 6.54 Å². The van der Waals surface area contributed by atoms with Gasteiger partial charge in [0.25, 0.3) is 5.91 Å². The zero-order valence-electron chi connectivity index (χ0n) is 14.1. The fourth-order valence-electron chi connectivity index (χ4n) is 2.34. The highest BCUT2D eigenvalue weighted by molar-refractivity contribution is 5.95. The summed E-state index contributed by atoms with van der Waals surface area (Å²) >= 11 is 0. The first kappa shape index (κ1) is 17.2. The number of carbonyl (C=O) groups excluding carboxylic acids is 1. The summed E-state index contributed by atoms with van der Waals surface area (Å²) < 4.78 is 14.4. The van der Waals surface area contributed by atoms with Crippen LogP contribution in [0.4, 0.5) is 4.39 Å². The molecule has 1 unspecified atom stereocenters. The van der Waals surface area contributed by atoms with E-state index in [1.807, 2.05) is 39.0 Å². The molecular weight excluding hydrogens is 291 g/mol. The molecule has 122 valence electrons. The van der Waals surface area contributed by atoms with Crippen LogP contribution < -0.4 is 5.73 Å². The van der Waals surface area contributed by atoms with Crippen LogP contribution >= 0.6 is 0 Å². The van der Waals surface area contributed by atoms with Crippen LogP contribution in [0.2, 0.25) is 0 Å². The highest BCUT2D eigenvalue weighted by atomic mass is 19.1. The molecule has 2 N–H and O–H groups in total. The van der Waals surface area contributed by atoms with Crippen LogP contribution in [0.1, 0.15) is 28.4 Å². The molecule has 3 nitrogen and oxygen atoms in total. The van der Waals surface area contributed by atoms with Gasteiger partial charge in [-0.2, -0.15) is 0 Å². The van der Waals surface area contributed by atoms with E-state index in [4.69, 9.17) is 5.73 Å². The molecule has 23 heavy (non-hydrogen) atoms. The van der Waals surface area contributed by atoms with Gasteiger partial charge in [-0.25, -0.2) is 4.39 Å². The molecule has 0 aliphatic carbocycles.